The van der Waals surface area contributed by atoms with Crippen LogP contribution < -0.4 is 10.1 Å². The minimum Gasteiger partial charge on any atom is -0.497 e. The molecule has 1 atom stereocenters. The Bertz CT molecular complexity index is 827. The molecule has 0 saturated carbocycles. The van der Waals surface area contributed by atoms with E-state index in [4.69, 9.17) is 4.74 Å². The van der Waals surface area contributed by atoms with Crippen LogP contribution in [-0.2, 0) is 19.4 Å². The highest BCUT2D eigenvalue weighted by Gasteiger charge is 2.18. The van der Waals surface area contributed by atoms with E-state index in [2.05, 4.69) is 39.6 Å². The van der Waals surface area contributed by atoms with E-state index in [0.29, 0.717) is 6.04 Å². The van der Waals surface area contributed by atoms with Crippen molar-refractivity contribution in [2.24, 2.45) is 0 Å². The first-order chi connectivity index (χ1) is 12.3. The summed E-state index contributed by atoms with van der Waals surface area (Å²) >= 11 is 0. The summed E-state index contributed by atoms with van der Waals surface area (Å²) < 4.78 is 7.26. The molecule has 5 heteroatoms. The molecule has 0 radical (unpaired) electrons. The van der Waals surface area contributed by atoms with Gasteiger partial charge in [-0.1, -0.05) is 12.1 Å². The molecule has 5 nitrogen and oxygen atoms in total. The number of aromatic nitrogens is 3. The molecule has 3 aromatic rings. The van der Waals surface area contributed by atoms with Crippen molar-refractivity contribution in [3.8, 4) is 11.6 Å². The molecule has 1 aromatic carbocycles. The van der Waals surface area contributed by atoms with Crippen molar-refractivity contribution in [3.05, 3.63) is 71.9 Å². The topological polar surface area (TPSA) is 52.0 Å². The number of nitrogens with zero attached hydrogens (tertiary/aromatic N) is 3. The van der Waals surface area contributed by atoms with Gasteiger partial charge in [0.25, 0.3) is 0 Å². The van der Waals surface area contributed by atoms with E-state index in [-0.39, 0.29) is 0 Å². The first-order valence-corrected chi connectivity index (χ1v) is 8.64. The molecule has 1 N–H and O–H groups in total. The van der Waals surface area contributed by atoms with Crippen molar-refractivity contribution in [3.63, 3.8) is 0 Å². The number of ether oxygens (including phenoxy) is 1. The smallest absolute Gasteiger partial charge is 0.137 e. The Morgan fingerprint density at radius 1 is 1.24 bits per heavy atom. The minimum atomic E-state index is 0.493. The van der Waals surface area contributed by atoms with E-state index in [1.807, 2.05) is 23.0 Å². The lowest BCUT2D eigenvalue weighted by Crippen LogP contribution is -2.34. The Labute approximate surface area is 147 Å². The lowest BCUT2D eigenvalue weighted by molar-refractivity contribution is 0.411. The molecule has 0 spiro atoms. The van der Waals surface area contributed by atoms with E-state index in [9.17, 15) is 0 Å². The third-order valence-corrected chi connectivity index (χ3v) is 4.81. The van der Waals surface area contributed by atoms with Gasteiger partial charge in [-0.25, -0.2) is 9.97 Å². The average molecular weight is 334 g/mol. The van der Waals surface area contributed by atoms with Gasteiger partial charge in [-0.3, -0.25) is 4.57 Å². The van der Waals surface area contributed by atoms with Gasteiger partial charge in [-0.15, -0.1) is 0 Å². The molecule has 25 heavy (non-hydrogen) atoms. The maximum absolute atomic E-state index is 5.35. The number of rotatable bonds is 5. The van der Waals surface area contributed by atoms with Gasteiger partial charge >= 0.3 is 0 Å². The summed E-state index contributed by atoms with van der Waals surface area (Å²) in [6.07, 6.45) is 10.7. The number of aryl methyl sites for hydroxylation is 1. The maximum atomic E-state index is 5.35. The first-order valence-electron chi connectivity index (χ1n) is 8.64. The van der Waals surface area contributed by atoms with Crippen LogP contribution in [0.1, 0.15) is 23.1 Å². The standard InChI is InChI=1S/C20H22N4O/c1-25-19-6-4-16-3-5-18(10-17(16)11-19)22-12-15-2-7-20(23-13-15)24-9-8-21-14-24/h2,4,6-9,11,13-14,18,22H,3,5,10,12H2,1H3/t18-/m0/s1. The van der Waals surface area contributed by atoms with Gasteiger partial charge in [0, 0.05) is 31.2 Å². The van der Waals surface area contributed by atoms with Crippen LogP contribution in [0.3, 0.4) is 0 Å². The molecule has 128 valence electrons. The Hall–Kier alpha value is -2.66. The van der Waals surface area contributed by atoms with Gasteiger partial charge in [0.05, 0.1) is 7.11 Å². The van der Waals surface area contributed by atoms with Crippen LogP contribution in [0.4, 0.5) is 0 Å². The molecule has 0 bridgehead atoms. The fourth-order valence-electron chi connectivity index (χ4n) is 3.37. The van der Waals surface area contributed by atoms with E-state index < -0.39 is 0 Å². The van der Waals surface area contributed by atoms with Crippen molar-refractivity contribution < 1.29 is 4.74 Å². The van der Waals surface area contributed by atoms with Gasteiger partial charge in [0.2, 0.25) is 0 Å². The minimum absolute atomic E-state index is 0.493. The molecule has 1 aliphatic carbocycles. The molecule has 0 amide bonds. The van der Waals surface area contributed by atoms with Gasteiger partial charge < -0.3 is 10.1 Å². The SMILES string of the molecule is COc1ccc2c(c1)C[C@@H](NCc1ccc(-n3ccnc3)nc1)CC2. The fourth-order valence-corrected chi connectivity index (χ4v) is 3.37. The van der Waals surface area contributed by atoms with Gasteiger partial charge in [-0.05, 0) is 54.2 Å². The normalized spacial score (nSPS) is 16.4. The average Bonchev–Trinajstić information content (AvgIpc) is 3.21. The van der Waals surface area contributed by atoms with Crippen LogP contribution in [0.25, 0.3) is 5.82 Å². The Morgan fingerprint density at radius 2 is 2.20 bits per heavy atom. The zero-order chi connectivity index (χ0) is 17.1. The highest BCUT2D eigenvalue weighted by molar-refractivity contribution is 5.38. The van der Waals surface area contributed by atoms with Crippen molar-refractivity contribution in [2.75, 3.05) is 7.11 Å². The van der Waals surface area contributed by atoms with Crippen molar-refractivity contribution in [2.45, 2.75) is 31.8 Å². The highest BCUT2D eigenvalue weighted by Crippen LogP contribution is 2.25. The van der Waals surface area contributed by atoms with E-state index >= 15 is 0 Å². The summed E-state index contributed by atoms with van der Waals surface area (Å²) in [5.41, 5.74) is 4.04. The second kappa shape index (κ2) is 7.07. The number of methoxy groups -OCH3 is 1. The monoisotopic (exact) mass is 334 g/mol. The van der Waals surface area contributed by atoms with Gasteiger partial charge in [-0.2, -0.15) is 0 Å². The number of nitrogens with one attached hydrogen (secondary N) is 1. The van der Waals surface area contributed by atoms with Crippen LogP contribution >= 0.6 is 0 Å². The lowest BCUT2D eigenvalue weighted by atomic mass is 9.88. The molecule has 1 aliphatic rings. The maximum Gasteiger partial charge on any atom is 0.137 e. The van der Waals surface area contributed by atoms with Crippen LogP contribution in [0.5, 0.6) is 5.75 Å². The number of fused-ring (bicyclic) bond motifs is 1. The zero-order valence-corrected chi connectivity index (χ0v) is 14.4. The molecule has 0 fully saturated rings. The third-order valence-electron chi connectivity index (χ3n) is 4.81. The lowest BCUT2D eigenvalue weighted by Gasteiger charge is -2.26. The third kappa shape index (κ3) is 3.56. The molecular formula is C20H22N4O. The van der Waals surface area contributed by atoms with Crippen LogP contribution in [0, 0.1) is 0 Å². The number of pyridine rings is 1. The van der Waals surface area contributed by atoms with E-state index in [1.54, 1.807) is 19.6 Å². The molecule has 2 aromatic heterocycles. The van der Waals surface area contributed by atoms with Crippen LogP contribution in [0.15, 0.2) is 55.2 Å². The van der Waals surface area contributed by atoms with E-state index in [0.717, 1.165) is 31.0 Å². The van der Waals surface area contributed by atoms with Crippen LogP contribution in [-0.4, -0.2) is 27.7 Å². The number of hydrogen-bond donors (Lipinski definition) is 1. The molecular weight excluding hydrogens is 312 g/mol. The van der Waals surface area contributed by atoms with Crippen molar-refractivity contribution in [1.29, 1.82) is 0 Å². The molecule has 0 saturated heterocycles. The summed E-state index contributed by atoms with van der Waals surface area (Å²) in [5.74, 6) is 1.83. The molecule has 0 aliphatic heterocycles. The molecule has 4 rings (SSSR count). The van der Waals surface area contributed by atoms with Crippen molar-refractivity contribution in [1.82, 2.24) is 19.9 Å². The van der Waals surface area contributed by atoms with Crippen LogP contribution in [0.2, 0.25) is 0 Å². The highest BCUT2D eigenvalue weighted by atomic mass is 16.5. The summed E-state index contributed by atoms with van der Waals surface area (Å²) in [6.45, 7) is 0.835. The van der Waals surface area contributed by atoms with Gasteiger partial charge in [0.1, 0.15) is 17.9 Å². The Morgan fingerprint density at radius 3 is 2.96 bits per heavy atom. The Kier molecular flexibility index (Phi) is 4.48. The Balaban J connectivity index is 1.37. The largest absolute Gasteiger partial charge is 0.497 e. The second-order valence-electron chi connectivity index (χ2n) is 6.45. The molecule has 0 unspecified atom stereocenters. The zero-order valence-electron chi connectivity index (χ0n) is 14.4. The number of hydrogen-bond acceptors (Lipinski definition) is 4. The predicted octanol–water partition coefficient (Wildman–Crippen LogP) is 2.92. The number of benzene rings is 1. The quantitative estimate of drug-likeness (QED) is 0.779. The predicted molar refractivity (Wildman–Crippen MR) is 97.0 cm³/mol. The van der Waals surface area contributed by atoms with E-state index in [1.165, 1.54) is 23.1 Å². The van der Waals surface area contributed by atoms with Crippen molar-refractivity contribution >= 4 is 0 Å². The summed E-state index contributed by atoms with van der Waals surface area (Å²) in [7, 11) is 1.72. The number of imidazole rings is 1. The second-order valence-corrected chi connectivity index (χ2v) is 6.45. The fraction of sp³-hybridized carbons (Fsp3) is 0.300. The van der Waals surface area contributed by atoms with Gasteiger partial charge in [0.15, 0.2) is 0 Å². The summed E-state index contributed by atoms with van der Waals surface area (Å²) in [6, 6.07) is 11.1. The molecule has 2 heterocycles. The first kappa shape index (κ1) is 15.8. The summed E-state index contributed by atoms with van der Waals surface area (Å²) in [5, 5.41) is 3.67. The summed E-state index contributed by atoms with van der Waals surface area (Å²) in [4.78, 5) is 8.56.